The Bertz CT molecular complexity index is 7860. The molecule has 8 bridgehead atoms. The lowest BCUT2D eigenvalue weighted by atomic mass is 9.41. The van der Waals surface area contributed by atoms with E-state index in [-0.39, 0.29) is 21.7 Å². The molecule has 11 aliphatic carbocycles. The summed E-state index contributed by atoms with van der Waals surface area (Å²) in [6, 6.07) is 135. The maximum Gasteiger partial charge on any atom is 0.0542 e. The van der Waals surface area contributed by atoms with Crippen molar-refractivity contribution in [3.8, 4) is 11.4 Å². The highest BCUT2D eigenvalue weighted by Gasteiger charge is 2.60. The number of nitrogens with zero attached hydrogens (tertiary/aromatic N) is 6. The number of anilines is 12. The molecule has 143 heavy (non-hydrogen) atoms. The van der Waals surface area contributed by atoms with Crippen LogP contribution < -0.4 is 19.6 Å². The van der Waals surface area contributed by atoms with Gasteiger partial charge in [0.2, 0.25) is 0 Å². The molecule has 2 aromatic heterocycles. The Kier molecular flexibility index (Phi) is 22.2. The Hall–Kier alpha value is -14.2. The van der Waals surface area contributed by atoms with E-state index in [9.17, 15) is 0 Å². The molecular weight excluding hydrogens is 1730 g/mol. The van der Waals surface area contributed by atoms with Crippen LogP contribution in [0.2, 0.25) is 0 Å². The molecule has 0 spiro atoms. The van der Waals surface area contributed by atoms with Gasteiger partial charge < -0.3 is 28.7 Å². The number of aromatic nitrogens is 2. The van der Waals surface area contributed by atoms with E-state index < -0.39 is 0 Å². The van der Waals surface area contributed by atoms with Gasteiger partial charge in [0.25, 0.3) is 0 Å². The summed E-state index contributed by atoms with van der Waals surface area (Å²) in [5.41, 5.74) is 46.5. The Morgan fingerprint density at radius 1 is 0.259 bits per heavy atom. The van der Waals surface area contributed by atoms with Gasteiger partial charge in [-0.1, -0.05) is 220 Å². The summed E-state index contributed by atoms with van der Waals surface area (Å²) in [4.78, 5) is 9.99. The first-order valence-corrected chi connectivity index (χ1v) is 53.9. The number of hydrogen-bond donors (Lipinski definition) is 0. The summed E-state index contributed by atoms with van der Waals surface area (Å²) in [5.74, 6) is 3.17. The van der Waals surface area contributed by atoms with Crippen LogP contribution >= 0.6 is 0 Å². The number of fused-ring (bicyclic) bond motifs is 9. The van der Waals surface area contributed by atoms with Crippen molar-refractivity contribution in [2.24, 2.45) is 23.7 Å². The Morgan fingerprint density at radius 3 is 0.755 bits per heavy atom. The molecule has 8 saturated carbocycles. The Labute approximate surface area is 845 Å². The fraction of sp³-hybridized carbons (Fsp3) is 0.270. The maximum atomic E-state index is 4.05. The van der Waals surface area contributed by atoms with E-state index in [1.807, 2.05) is 12.2 Å². The molecule has 16 aromatic carbocycles. The van der Waals surface area contributed by atoms with Gasteiger partial charge in [0, 0.05) is 101 Å². The zero-order chi connectivity index (χ0) is 96.0. The van der Waals surface area contributed by atoms with Gasteiger partial charge in [-0.3, -0.25) is 0 Å². The van der Waals surface area contributed by atoms with Crippen molar-refractivity contribution < 1.29 is 0 Å². The lowest BCUT2D eigenvalue weighted by Crippen LogP contribution is -2.55. The van der Waals surface area contributed by atoms with Crippen molar-refractivity contribution in [2.75, 3.05) is 19.6 Å². The molecule has 2 heterocycles. The molecule has 6 heteroatoms. The van der Waals surface area contributed by atoms with Crippen molar-refractivity contribution >= 4 is 124 Å². The van der Waals surface area contributed by atoms with E-state index in [2.05, 4.69) is 422 Å². The van der Waals surface area contributed by atoms with Crippen LogP contribution in [0.5, 0.6) is 0 Å². The number of aryl methyl sites for hydroxylation is 11. The smallest absolute Gasteiger partial charge is 0.0542 e. The first kappa shape index (κ1) is 88.9. The number of rotatable bonds is 26. The highest BCUT2D eigenvalue weighted by Crippen LogP contribution is 2.69. The molecule has 4 atom stereocenters. The maximum absolute atomic E-state index is 4.05. The molecular formula is C137H130N6. The normalized spacial score (nSPS) is 21.0. The van der Waals surface area contributed by atoms with Gasteiger partial charge in [0.15, 0.2) is 0 Å². The van der Waals surface area contributed by atoms with Crippen LogP contribution in [-0.4, -0.2) is 9.13 Å². The molecule has 0 saturated heterocycles. The van der Waals surface area contributed by atoms with Gasteiger partial charge >= 0.3 is 0 Å². The second-order valence-electron chi connectivity index (χ2n) is 45.0. The van der Waals surface area contributed by atoms with Crippen molar-refractivity contribution in [3.05, 3.63) is 454 Å². The Morgan fingerprint density at radius 2 is 0.490 bits per heavy atom. The van der Waals surface area contributed by atoms with E-state index >= 15 is 0 Å². The topological polar surface area (TPSA) is 22.8 Å². The SMILES string of the molecule is C=Cc1ccc(C23CC4CC(C2)CC(c2ccc(N(c5ccc(CCCC)cc5)c5ccc6c(c5)c5cc(N(c7ccc(C)cc7)c7ccc8c(c7)CC8)ccc5n6-c5ccc(C)cc5)cc2)(C4)C3)cc1.C=Cc1ccc(C23CC4CC(C2)CC(c2ccc(N(c5ccc(CCCC)cc5)c5ccc6c(c5)c5cc(N(c7ccc8c(c7)CC8)c7ccc8c(c7)CC8)ccc5n6-c5ccc(C)cc5)cc2)(C4)C3)cc1. The summed E-state index contributed by atoms with van der Waals surface area (Å²) < 4.78 is 4.94. The fourth-order valence-corrected chi connectivity index (χ4v) is 29.1. The van der Waals surface area contributed by atoms with Crippen molar-refractivity contribution in [1.82, 2.24) is 9.13 Å². The molecule has 6 nitrogen and oxygen atoms in total. The minimum Gasteiger partial charge on any atom is -0.310 e. The van der Waals surface area contributed by atoms with Gasteiger partial charge in [-0.15, -0.1) is 0 Å². The van der Waals surface area contributed by atoms with E-state index in [1.165, 1.54) is 317 Å². The molecule has 8 fully saturated rings. The quantitative estimate of drug-likeness (QED) is 0.0539. The number of benzene rings is 16. The van der Waals surface area contributed by atoms with Crippen molar-refractivity contribution in [2.45, 2.75) is 210 Å². The Balaban J connectivity index is 0.000000146. The first-order valence-electron chi connectivity index (χ1n) is 53.9. The molecule has 708 valence electrons. The second kappa shape index (κ2) is 35.7. The van der Waals surface area contributed by atoms with Crippen LogP contribution in [0, 0.1) is 44.4 Å². The van der Waals surface area contributed by atoms with Crippen LogP contribution in [0.25, 0.3) is 67.1 Å². The molecule has 11 aliphatic rings. The standard InChI is InChI=1S/C69H65N3.C68H65N3/c1-4-6-7-48-12-26-57(27-13-48)70(58-30-22-56(23-31-58)69-43-49-36-50(44-69)42-68(41-49,45-69)55-20-10-47(5-2)11-21-55)62-32-34-66-64(39-62)65-40-63(33-35-67(65)72(66)59-24-8-46(3)9-25-59)71(60-28-18-51-14-16-53(51)37-60)61-29-19-52-15-17-54(52)38-61;1-5-7-8-49-15-28-57(29-16-49)69(58-31-22-55(23-32-58)68-43-50-37-51(44-68)42-67(41-50,45-68)54-20-13-48(6-2)14-21-54)61-33-35-65-63(39-61)64-40-62(34-36-66(64)71(65)59-26-11-47(4)12-27-59)70(56-24-9-46(3)10-25-56)60-30-19-52-17-18-53(52)38-60/h5,8-13,18-35,37-40,49-50H,2,4,6-7,14-17,36,41-45H2,1,3H3;6,9-16,19-36,38-40,50-51H,2,5,7-8,17-18,37,41-45H2,1,3-4H3. The van der Waals surface area contributed by atoms with E-state index in [0.29, 0.717) is 0 Å². The van der Waals surface area contributed by atoms with Gasteiger partial charge in [0.05, 0.1) is 22.1 Å². The van der Waals surface area contributed by atoms with Gasteiger partial charge in [-0.25, -0.2) is 0 Å². The van der Waals surface area contributed by atoms with E-state index in [1.54, 1.807) is 11.1 Å². The van der Waals surface area contributed by atoms with E-state index in [0.717, 1.165) is 67.2 Å². The molecule has 0 radical (unpaired) electrons. The van der Waals surface area contributed by atoms with Crippen LogP contribution in [-0.2, 0) is 73.0 Å². The predicted octanol–water partition coefficient (Wildman–Crippen LogP) is 36.2. The van der Waals surface area contributed by atoms with Gasteiger partial charge in [-0.2, -0.15) is 0 Å². The lowest BCUT2D eigenvalue weighted by molar-refractivity contribution is -0.0282. The highest BCUT2D eigenvalue weighted by molar-refractivity contribution is 6.14. The second-order valence-corrected chi connectivity index (χ2v) is 45.0. The van der Waals surface area contributed by atoms with Crippen LogP contribution in [0.4, 0.5) is 68.2 Å². The van der Waals surface area contributed by atoms with Crippen LogP contribution in [0.3, 0.4) is 0 Å². The summed E-state index contributed by atoms with van der Waals surface area (Å²) >= 11 is 0. The lowest BCUT2D eigenvalue weighted by Gasteiger charge is -2.63. The minimum absolute atomic E-state index is 0.215. The molecule has 0 aliphatic heterocycles. The molecule has 4 unspecified atom stereocenters. The summed E-state index contributed by atoms with van der Waals surface area (Å²) in [6.45, 7) is 19.2. The molecule has 0 amide bonds. The molecule has 0 N–H and O–H groups in total. The van der Waals surface area contributed by atoms with Crippen LogP contribution in [0.15, 0.2) is 359 Å². The first-order chi connectivity index (χ1) is 70.1. The number of hydrogen-bond acceptors (Lipinski definition) is 4. The van der Waals surface area contributed by atoms with Crippen molar-refractivity contribution in [1.29, 1.82) is 0 Å². The molecule has 18 aromatic rings. The largest absolute Gasteiger partial charge is 0.310 e. The van der Waals surface area contributed by atoms with E-state index in [4.69, 9.17) is 0 Å². The van der Waals surface area contributed by atoms with Crippen molar-refractivity contribution in [3.63, 3.8) is 0 Å². The third-order valence-corrected chi connectivity index (χ3v) is 35.9. The zero-order valence-electron chi connectivity index (χ0n) is 83.9. The predicted molar refractivity (Wildman–Crippen MR) is 603 cm³/mol. The highest BCUT2D eigenvalue weighted by atomic mass is 15.2. The number of unbranched alkanes of at least 4 members (excludes halogenated alkanes) is 2. The monoisotopic (exact) mass is 1860 g/mol. The summed E-state index contributed by atoms with van der Waals surface area (Å²) in [5, 5.41) is 4.98. The average Bonchev–Trinajstić information content (AvgIpc) is 1.65. The third-order valence-electron chi connectivity index (χ3n) is 35.9. The third kappa shape index (κ3) is 15.8. The minimum atomic E-state index is 0.215. The van der Waals surface area contributed by atoms with Gasteiger partial charge in [-0.05, 0) is 479 Å². The molecule has 29 rings (SSSR count). The van der Waals surface area contributed by atoms with Gasteiger partial charge in [0.1, 0.15) is 0 Å². The average molecular weight is 1860 g/mol. The fourth-order valence-electron chi connectivity index (χ4n) is 29.1. The summed E-state index contributed by atoms with van der Waals surface area (Å²) in [7, 11) is 0. The van der Waals surface area contributed by atoms with Crippen LogP contribution in [0.1, 0.15) is 211 Å². The zero-order valence-corrected chi connectivity index (χ0v) is 83.9. The summed E-state index contributed by atoms with van der Waals surface area (Å²) in [6.07, 6.45) is 33.9.